The van der Waals surface area contributed by atoms with Crippen LogP contribution >= 0.6 is 0 Å². The molecule has 1 aliphatic heterocycles. The Labute approximate surface area is 185 Å². The van der Waals surface area contributed by atoms with Crippen LogP contribution in [0.4, 0.5) is 24.9 Å². The minimum atomic E-state index is -4.35. The lowest BCUT2D eigenvalue weighted by Gasteiger charge is -2.32. The maximum atomic E-state index is 12.9. The van der Waals surface area contributed by atoms with Crippen molar-refractivity contribution in [3.05, 3.63) is 83.6 Å². The predicted molar refractivity (Wildman–Crippen MR) is 119 cm³/mol. The molecular weight excluding hydrogens is 415 g/mol. The third-order valence-corrected chi connectivity index (χ3v) is 5.55. The SMILES string of the molecule is FC(F)(F)c1cccc(CNc2ccnc(NC3CCN(Cc4ccccc4)CC3)n2)c1. The van der Waals surface area contributed by atoms with Crippen LogP contribution in [0.25, 0.3) is 0 Å². The molecule has 3 aromatic rings. The van der Waals surface area contributed by atoms with Gasteiger partial charge in [-0.25, -0.2) is 4.98 Å². The van der Waals surface area contributed by atoms with Gasteiger partial charge in [0.25, 0.3) is 0 Å². The van der Waals surface area contributed by atoms with Crippen molar-refractivity contribution in [1.29, 1.82) is 0 Å². The van der Waals surface area contributed by atoms with Gasteiger partial charge in [0.15, 0.2) is 0 Å². The molecular formula is C24H26F3N5. The molecule has 4 rings (SSSR count). The Morgan fingerprint density at radius 2 is 1.69 bits per heavy atom. The summed E-state index contributed by atoms with van der Waals surface area (Å²) in [6, 6.07) is 17.8. The minimum absolute atomic E-state index is 0.248. The van der Waals surface area contributed by atoms with Crippen molar-refractivity contribution in [3.8, 4) is 0 Å². The van der Waals surface area contributed by atoms with E-state index in [1.165, 1.54) is 11.6 Å². The number of hydrogen-bond acceptors (Lipinski definition) is 5. The van der Waals surface area contributed by atoms with Crippen LogP contribution < -0.4 is 10.6 Å². The Bertz CT molecular complexity index is 1000. The molecule has 2 aromatic carbocycles. The first-order chi connectivity index (χ1) is 15.5. The van der Waals surface area contributed by atoms with Crippen LogP contribution in [-0.4, -0.2) is 34.0 Å². The van der Waals surface area contributed by atoms with Crippen LogP contribution in [0.3, 0.4) is 0 Å². The molecule has 1 aliphatic rings. The number of hydrogen-bond donors (Lipinski definition) is 2. The van der Waals surface area contributed by atoms with E-state index in [1.54, 1.807) is 18.3 Å². The molecule has 8 heteroatoms. The Balaban J connectivity index is 1.27. The van der Waals surface area contributed by atoms with Gasteiger partial charge in [-0.2, -0.15) is 18.2 Å². The number of piperidine rings is 1. The fourth-order valence-corrected chi connectivity index (χ4v) is 3.84. The zero-order chi connectivity index (χ0) is 22.4. The van der Waals surface area contributed by atoms with Gasteiger partial charge in [0.1, 0.15) is 5.82 Å². The fraction of sp³-hybridized carbons (Fsp3) is 0.333. The zero-order valence-electron chi connectivity index (χ0n) is 17.6. The first kappa shape index (κ1) is 22.1. The normalized spacial score (nSPS) is 15.5. The number of rotatable bonds is 7. The molecule has 0 amide bonds. The molecule has 0 bridgehead atoms. The molecule has 1 aromatic heterocycles. The van der Waals surface area contributed by atoms with Crippen molar-refractivity contribution in [3.63, 3.8) is 0 Å². The second-order valence-electron chi connectivity index (χ2n) is 8.00. The Morgan fingerprint density at radius 3 is 2.44 bits per heavy atom. The van der Waals surface area contributed by atoms with Gasteiger partial charge >= 0.3 is 6.18 Å². The average molecular weight is 442 g/mol. The number of halogens is 3. The number of anilines is 2. The van der Waals surface area contributed by atoms with E-state index >= 15 is 0 Å². The molecule has 0 saturated carbocycles. The molecule has 5 nitrogen and oxygen atoms in total. The van der Waals surface area contributed by atoms with Gasteiger partial charge in [0.2, 0.25) is 5.95 Å². The van der Waals surface area contributed by atoms with E-state index in [0.29, 0.717) is 23.4 Å². The smallest absolute Gasteiger partial charge is 0.366 e. The first-order valence-electron chi connectivity index (χ1n) is 10.7. The highest BCUT2D eigenvalue weighted by Crippen LogP contribution is 2.29. The molecule has 168 valence electrons. The van der Waals surface area contributed by atoms with E-state index in [-0.39, 0.29) is 6.54 Å². The maximum absolute atomic E-state index is 12.9. The lowest BCUT2D eigenvalue weighted by Crippen LogP contribution is -2.39. The van der Waals surface area contributed by atoms with Crippen LogP contribution in [0.5, 0.6) is 0 Å². The number of aromatic nitrogens is 2. The van der Waals surface area contributed by atoms with Gasteiger partial charge in [0.05, 0.1) is 5.56 Å². The second kappa shape index (κ2) is 9.99. The number of alkyl halides is 3. The molecule has 0 spiro atoms. The molecule has 0 aliphatic carbocycles. The largest absolute Gasteiger partial charge is 0.416 e. The summed E-state index contributed by atoms with van der Waals surface area (Å²) in [5.41, 5.74) is 1.21. The molecule has 2 heterocycles. The molecule has 32 heavy (non-hydrogen) atoms. The third kappa shape index (κ3) is 6.20. The monoisotopic (exact) mass is 441 g/mol. The van der Waals surface area contributed by atoms with Gasteiger partial charge in [-0.1, -0.05) is 42.5 Å². The van der Waals surface area contributed by atoms with Gasteiger partial charge < -0.3 is 10.6 Å². The van der Waals surface area contributed by atoms with E-state index in [1.807, 2.05) is 6.07 Å². The average Bonchev–Trinajstić information content (AvgIpc) is 2.80. The topological polar surface area (TPSA) is 53.1 Å². The molecule has 0 unspecified atom stereocenters. The van der Waals surface area contributed by atoms with Crippen LogP contribution in [0, 0.1) is 0 Å². The van der Waals surface area contributed by atoms with Gasteiger partial charge in [-0.05, 0) is 42.2 Å². The summed E-state index contributed by atoms with van der Waals surface area (Å²) in [6.07, 6.45) is -0.705. The Kier molecular flexibility index (Phi) is 6.90. The van der Waals surface area contributed by atoms with Gasteiger partial charge in [0, 0.05) is 38.4 Å². The highest BCUT2D eigenvalue weighted by Gasteiger charge is 2.30. The van der Waals surface area contributed by atoms with Crippen molar-refractivity contribution in [2.24, 2.45) is 0 Å². The summed E-state index contributed by atoms with van der Waals surface area (Å²) >= 11 is 0. The van der Waals surface area contributed by atoms with Crippen LogP contribution in [-0.2, 0) is 19.3 Å². The molecule has 1 fully saturated rings. The minimum Gasteiger partial charge on any atom is -0.366 e. The third-order valence-electron chi connectivity index (χ3n) is 5.55. The van der Waals surface area contributed by atoms with Gasteiger partial charge in [-0.3, -0.25) is 4.90 Å². The number of benzene rings is 2. The fourth-order valence-electron chi connectivity index (χ4n) is 3.84. The van der Waals surface area contributed by atoms with E-state index in [4.69, 9.17) is 0 Å². The summed E-state index contributed by atoms with van der Waals surface area (Å²) < 4.78 is 38.7. The summed E-state index contributed by atoms with van der Waals surface area (Å²) in [7, 11) is 0. The standard InChI is InChI=1S/C24H26F3N5/c25-24(26,27)20-8-4-7-19(15-20)16-29-22-9-12-28-23(31-22)30-21-10-13-32(14-11-21)17-18-5-2-1-3-6-18/h1-9,12,15,21H,10-11,13-14,16-17H2,(H2,28,29,30,31). The molecule has 1 saturated heterocycles. The van der Waals surface area contributed by atoms with Crippen molar-refractivity contribution < 1.29 is 13.2 Å². The van der Waals surface area contributed by atoms with E-state index in [0.717, 1.165) is 44.6 Å². The van der Waals surface area contributed by atoms with Crippen molar-refractivity contribution in [2.75, 3.05) is 23.7 Å². The number of likely N-dealkylation sites (tertiary alicyclic amines) is 1. The first-order valence-corrected chi connectivity index (χ1v) is 10.7. The van der Waals surface area contributed by atoms with Crippen molar-refractivity contribution >= 4 is 11.8 Å². The van der Waals surface area contributed by atoms with Crippen molar-refractivity contribution in [1.82, 2.24) is 14.9 Å². The lowest BCUT2D eigenvalue weighted by molar-refractivity contribution is -0.137. The maximum Gasteiger partial charge on any atom is 0.416 e. The van der Waals surface area contributed by atoms with Gasteiger partial charge in [-0.15, -0.1) is 0 Å². The number of nitrogens with zero attached hydrogens (tertiary/aromatic N) is 3. The van der Waals surface area contributed by atoms with E-state index < -0.39 is 11.7 Å². The highest BCUT2D eigenvalue weighted by atomic mass is 19.4. The lowest BCUT2D eigenvalue weighted by atomic mass is 10.0. The number of nitrogens with one attached hydrogen (secondary N) is 2. The van der Waals surface area contributed by atoms with Crippen LogP contribution in [0.2, 0.25) is 0 Å². The summed E-state index contributed by atoms with van der Waals surface area (Å²) in [5, 5.41) is 6.48. The van der Waals surface area contributed by atoms with Crippen LogP contribution in [0.15, 0.2) is 66.9 Å². The van der Waals surface area contributed by atoms with E-state index in [2.05, 4.69) is 49.8 Å². The second-order valence-corrected chi connectivity index (χ2v) is 8.00. The Morgan fingerprint density at radius 1 is 0.938 bits per heavy atom. The molecule has 0 radical (unpaired) electrons. The highest BCUT2D eigenvalue weighted by molar-refractivity contribution is 5.41. The summed E-state index contributed by atoms with van der Waals surface area (Å²) in [6.45, 7) is 3.21. The summed E-state index contributed by atoms with van der Waals surface area (Å²) in [4.78, 5) is 11.2. The predicted octanol–water partition coefficient (Wildman–Crippen LogP) is 5.18. The Hall–Kier alpha value is -3.13. The van der Waals surface area contributed by atoms with Crippen molar-refractivity contribution in [2.45, 2.75) is 38.1 Å². The van der Waals surface area contributed by atoms with Crippen LogP contribution in [0.1, 0.15) is 29.5 Å². The molecule has 2 N–H and O–H groups in total. The van der Waals surface area contributed by atoms with E-state index in [9.17, 15) is 13.2 Å². The quantitative estimate of drug-likeness (QED) is 0.529. The molecule has 0 atom stereocenters. The summed E-state index contributed by atoms with van der Waals surface area (Å²) in [5.74, 6) is 1.10. The zero-order valence-corrected chi connectivity index (χ0v) is 17.6.